The van der Waals surface area contributed by atoms with Crippen molar-refractivity contribution in [2.45, 2.75) is 17.9 Å². The quantitative estimate of drug-likeness (QED) is 0.749. The number of anilines is 1. The maximum atomic E-state index is 13.0. The highest BCUT2D eigenvalue weighted by molar-refractivity contribution is 7.90. The van der Waals surface area contributed by atoms with Crippen LogP contribution in [0.5, 0.6) is 0 Å². The maximum absolute atomic E-state index is 13.0. The van der Waals surface area contributed by atoms with E-state index >= 15 is 0 Å². The first-order valence-corrected chi connectivity index (χ1v) is 10.1. The predicted octanol–water partition coefficient (Wildman–Crippen LogP) is 2.62. The summed E-state index contributed by atoms with van der Waals surface area (Å²) in [6.45, 7) is 0. The molecule has 0 aliphatic carbocycles. The number of aromatic nitrogens is 2. The third kappa shape index (κ3) is 3.61. The highest BCUT2D eigenvalue weighted by Crippen LogP contribution is 2.32. The van der Waals surface area contributed by atoms with Gasteiger partial charge in [0.2, 0.25) is 5.91 Å². The van der Waals surface area contributed by atoms with E-state index in [1.165, 1.54) is 24.3 Å². The molecule has 1 aromatic heterocycles. The second-order valence-electron chi connectivity index (χ2n) is 6.40. The zero-order valence-electron chi connectivity index (χ0n) is 14.2. The van der Waals surface area contributed by atoms with Gasteiger partial charge in [-0.15, -0.1) is 0 Å². The van der Waals surface area contributed by atoms with Crippen LogP contribution < -0.4 is 5.32 Å². The Morgan fingerprint density at radius 3 is 2.48 bits per heavy atom. The number of hydrogen-bond donors (Lipinski definition) is 1. The number of carbonyl (C=O) groups excluding carboxylic acids is 1. The van der Waals surface area contributed by atoms with Gasteiger partial charge in [0.1, 0.15) is 11.6 Å². The Bertz CT molecular complexity index is 1110. The number of nitrogens with zero attached hydrogens (tertiary/aromatic N) is 2. The van der Waals surface area contributed by atoms with Crippen LogP contribution in [0.15, 0.2) is 54.6 Å². The molecule has 1 aliphatic rings. The topological polar surface area (TPSA) is 81.1 Å². The molecule has 1 aliphatic heterocycles. The minimum atomic E-state index is -3.25. The van der Waals surface area contributed by atoms with Crippen molar-refractivity contribution in [3.63, 3.8) is 0 Å². The van der Waals surface area contributed by atoms with Gasteiger partial charge in [-0.3, -0.25) is 4.79 Å². The van der Waals surface area contributed by atoms with Gasteiger partial charge in [-0.25, -0.2) is 17.5 Å². The fourth-order valence-electron chi connectivity index (χ4n) is 3.09. The van der Waals surface area contributed by atoms with Crippen LogP contribution in [0.4, 0.5) is 10.2 Å². The van der Waals surface area contributed by atoms with Gasteiger partial charge in [-0.2, -0.15) is 5.10 Å². The molecular weight excluding hydrogens is 369 g/mol. The highest BCUT2D eigenvalue weighted by atomic mass is 32.2. The molecule has 138 valence electrons. The minimum Gasteiger partial charge on any atom is -0.310 e. The number of hydrogen-bond acceptors (Lipinski definition) is 4. The van der Waals surface area contributed by atoms with Gasteiger partial charge < -0.3 is 5.32 Å². The van der Waals surface area contributed by atoms with E-state index in [0.717, 1.165) is 5.69 Å². The zero-order chi connectivity index (χ0) is 19.0. The summed E-state index contributed by atoms with van der Waals surface area (Å²) in [6, 6.07) is 14.8. The number of nitrogens with one attached hydrogen (secondary N) is 1. The van der Waals surface area contributed by atoms with E-state index in [1.54, 1.807) is 4.68 Å². The number of rotatable bonds is 4. The molecule has 0 unspecified atom stereocenters. The molecule has 27 heavy (non-hydrogen) atoms. The Balaban J connectivity index is 1.66. The van der Waals surface area contributed by atoms with E-state index in [1.807, 2.05) is 30.3 Å². The summed E-state index contributed by atoms with van der Waals surface area (Å²) in [5.74, 6) is -0.621. The van der Waals surface area contributed by atoms with Crippen LogP contribution in [0.1, 0.15) is 16.8 Å². The van der Waals surface area contributed by atoms with E-state index in [-0.39, 0.29) is 29.7 Å². The van der Waals surface area contributed by atoms with E-state index < -0.39 is 9.84 Å². The van der Waals surface area contributed by atoms with Crippen LogP contribution in [-0.2, 0) is 32.6 Å². The fourth-order valence-corrected chi connectivity index (χ4v) is 4.58. The van der Waals surface area contributed by atoms with E-state index in [0.29, 0.717) is 22.6 Å². The van der Waals surface area contributed by atoms with E-state index in [4.69, 9.17) is 0 Å². The largest absolute Gasteiger partial charge is 0.310 e. The predicted molar refractivity (Wildman–Crippen MR) is 98.6 cm³/mol. The maximum Gasteiger partial charge on any atom is 0.229 e. The van der Waals surface area contributed by atoms with Gasteiger partial charge in [-0.05, 0) is 29.8 Å². The molecule has 1 N–H and O–H groups in total. The second-order valence-corrected chi connectivity index (χ2v) is 8.47. The summed E-state index contributed by atoms with van der Waals surface area (Å²) in [6.07, 6.45) is 0.0434. The van der Waals surface area contributed by atoms with Crippen LogP contribution in [0.3, 0.4) is 0 Å². The number of halogens is 1. The van der Waals surface area contributed by atoms with Gasteiger partial charge in [0.05, 0.1) is 29.3 Å². The van der Waals surface area contributed by atoms with Crippen molar-refractivity contribution in [3.05, 3.63) is 77.2 Å². The monoisotopic (exact) mass is 385 g/mol. The summed E-state index contributed by atoms with van der Waals surface area (Å²) in [4.78, 5) is 12.5. The first-order chi connectivity index (χ1) is 12.9. The van der Waals surface area contributed by atoms with Crippen molar-refractivity contribution >= 4 is 21.6 Å². The molecule has 0 saturated heterocycles. The van der Waals surface area contributed by atoms with Crippen molar-refractivity contribution in [1.82, 2.24) is 9.78 Å². The van der Waals surface area contributed by atoms with E-state index in [2.05, 4.69) is 10.4 Å². The molecule has 0 spiro atoms. The van der Waals surface area contributed by atoms with Gasteiger partial charge >= 0.3 is 0 Å². The summed E-state index contributed by atoms with van der Waals surface area (Å²) in [7, 11) is -3.25. The zero-order valence-corrected chi connectivity index (χ0v) is 15.0. The Labute approximate surface area is 155 Å². The molecule has 0 fully saturated rings. The molecule has 6 nitrogen and oxygen atoms in total. The average Bonchev–Trinajstić information content (AvgIpc) is 3.10. The molecule has 2 aromatic carbocycles. The SMILES string of the molecule is O=C(Cc1ccc(F)cc1)Nc1c2c(nn1-c1ccccc1)CS(=O)(=O)C2. The van der Waals surface area contributed by atoms with Crippen LogP contribution in [-0.4, -0.2) is 24.1 Å². The van der Waals surface area contributed by atoms with Crippen LogP contribution in [0, 0.1) is 5.82 Å². The number of carbonyl (C=O) groups is 1. The van der Waals surface area contributed by atoms with Crippen LogP contribution in [0.25, 0.3) is 5.69 Å². The highest BCUT2D eigenvalue weighted by Gasteiger charge is 2.33. The summed E-state index contributed by atoms with van der Waals surface area (Å²) in [5.41, 5.74) is 2.35. The number of sulfone groups is 1. The molecule has 8 heteroatoms. The summed E-state index contributed by atoms with van der Waals surface area (Å²) in [5, 5.41) is 7.20. The first kappa shape index (κ1) is 17.4. The molecule has 0 saturated carbocycles. The molecule has 0 radical (unpaired) electrons. The Kier molecular flexibility index (Phi) is 4.27. The van der Waals surface area contributed by atoms with Gasteiger partial charge in [-0.1, -0.05) is 30.3 Å². The third-order valence-corrected chi connectivity index (χ3v) is 5.77. The van der Waals surface area contributed by atoms with Crippen molar-refractivity contribution in [2.24, 2.45) is 0 Å². The van der Waals surface area contributed by atoms with Crippen molar-refractivity contribution in [3.8, 4) is 5.69 Å². The molecule has 0 bridgehead atoms. The van der Waals surface area contributed by atoms with Crippen molar-refractivity contribution in [1.29, 1.82) is 0 Å². The standard InChI is InChI=1S/C19H16FN3O3S/c20-14-8-6-13(7-9-14)10-18(24)21-19-16-11-27(25,26)12-17(16)22-23(19)15-4-2-1-3-5-15/h1-9H,10-12H2,(H,21,24). The average molecular weight is 385 g/mol. The molecule has 3 aromatic rings. The summed E-state index contributed by atoms with van der Waals surface area (Å²) >= 11 is 0. The first-order valence-electron chi connectivity index (χ1n) is 8.32. The Morgan fingerprint density at radius 2 is 1.78 bits per heavy atom. The van der Waals surface area contributed by atoms with Gasteiger partial charge in [0.25, 0.3) is 0 Å². The Hall–Kier alpha value is -3.00. The van der Waals surface area contributed by atoms with Crippen molar-refractivity contribution in [2.75, 3.05) is 5.32 Å². The molecule has 2 heterocycles. The molecule has 4 rings (SSSR count). The fraction of sp³-hybridized carbons (Fsp3) is 0.158. The van der Waals surface area contributed by atoms with E-state index in [9.17, 15) is 17.6 Å². The lowest BCUT2D eigenvalue weighted by Crippen LogP contribution is -2.18. The number of fused-ring (bicyclic) bond motifs is 1. The molecule has 1 amide bonds. The smallest absolute Gasteiger partial charge is 0.229 e. The van der Waals surface area contributed by atoms with Crippen LogP contribution in [0.2, 0.25) is 0 Å². The van der Waals surface area contributed by atoms with Crippen molar-refractivity contribution < 1.29 is 17.6 Å². The summed E-state index contributed by atoms with van der Waals surface area (Å²) < 4.78 is 38.5. The normalized spacial score (nSPS) is 14.7. The lowest BCUT2D eigenvalue weighted by molar-refractivity contribution is -0.115. The lowest BCUT2D eigenvalue weighted by atomic mass is 10.1. The van der Waals surface area contributed by atoms with Crippen LogP contribution >= 0.6 is 0 Å². The lowest BCUT2D eigenvalue weighted by Gasteiger charge is -2.11. The molecular formula is C19H16FN3O3S. The van der Waals surface area contributed by atoms with Gasteiger partial charge in [0.15, 0.2) is 9.84 Å². The minimum absolute atomic E-state index is 0.0434. The van der Waals surface area contributed by atoms with Gasteiger partial charge in [0, 0.05) is 5.56 Å². The number of amides is 1. The molecule has 0 atom stereocenters. The second kappa shape index (κ2) is 6.62. The number of para-hydroxylation sites is 1. The Morgan fingerprint density at radius 1 is 1.07 bits per heavy atom. The third-order valence-electron chi connectivity index (χ3n) is 4.32. The number of benzene rings is 2.